The highest BCUT2D eigenvalue weighted by molar-refractivity contribution is 6.34. The molecule has 0 aliphatic heterocycles. The van der Waals surface area contributed by atoms with Crippen LogP contribution in [0.15, 0.2) is 54.7 Å². The standard InChI is InChI=1S/C25H18Cl2F6N2O3/c1-14(36)38-13-22(37)35(11-15-8-16(24(28,29)30)10-17(9-15)25(31,32)33)12-20-18(6-7-34-23(20)27)19-4-2-3-5-21(19)26/h2-10H,11-13H2,1H3. The Morgan fingerprint density at radius 2 is 1.50 bits per heavy atom. The zero-order chi connectivity index (χ0) is 28.3. The third-order valence-electron chi connectivity index (χ3n) is 5.29. The topological polar surface area (TPSA) is 59.5 Å². The van der Waals surface area contributed by atoms with E-state index in [1.54, 1.807) is 30.3 Å². The van der Waals surface area contributed by atoms with E-state index in [-0.39, 0.29) is 16.8 Å². The van der Waals surface area contributed by atoms with Gasteiger partial charge in [-0.2, -0.15) is 26.3 Å². The van der Waals surface area contributed by atoms with Crippen molar-refractivity contribution in [1.29, 1.82) is 0 Å². The van der Waals surface area contributed by atoms with E-state index in [0.717, 1.165) is 11.8 Å². The number of esters is 1. The molecule has 0 aliphatic carbocycles. The summed E-state index contributed by atoms with van der Waals surface area (Å²) < 4.78 is 85.0. The largest absolute Gasteiger partial charge is 0.456 e. The van der Waals surface area contributed by atoms with Crippen LogP contribution >= 0.6 is 23.2 Å². The van der Waals surface area contributed by atoms with E-state index in [0.29, 0.717) is 28.3 Å². The molecule has 38 heavy (non-hydrogen) atoms. The highest BCUT2D eigenvalue weighted by atomic mass is 35.5. The van der Waals surface area contributed by atoms with Gasteiger partial charge in [0.15, 0.2) is 6.61 Å². The van der Waals surface area contributed by atoms with Crippen LogP contribution < -0.4 is 0 Å². The minimum Gasteiger partial charge on any atom is -0.456 e. The van der Waals surface area contributed by atoms with E-state index in [4.69, 9.17) is 27.9 Å². The first-order valence-electron chi connectivity index (χ1n) is 10.7. The number of nitrogens with zero attached hydrogens (tertiary/aromatic N) is 2. The summed E-state index contributed by atoms with van der Waals surface area (Å²) in [7, 11) is 0. The number of carbonyl (C=O) groups excluding carboxylic acids is 2. The van der Waals surface area contributed by atoms with Gasteiger partial charge in [-0.15, -0.1) is 0 Å². The molecule has 202 valence electrons. The molecule has 5 nitrogen and oxygen atoms in total. The van der Waals surface area contributed by atoms with Gasteiger partial charge >= 0.3 is 18.3 Å². The summed E-state index contributed by atoms with van der Waals surface area (Å²) in [5, 5.41) is 0.245. The Morgan fingerprint density at radius 3 is 2.05 bits per heavy atom. The summed E-state index contributed by atoms with van der Waals surface area (Å²) in [6.07, 6.45) is -8.78. The van der Waals surface area contributed by atoms with Crippen LogP contribution in [0.25, 0.3) is 11.1 Å². The molecule has 0 bridgehead atoms. The molecule has 13 heteroatoms. The number of rotatable bonds is 7. The van der Waals surface area contributed by atoms with Crippen molar-refractivity contribution in [2.45, 2.75) is 32.4 Å². The molecular weight excluding hydrogens is 561 g/mol. The van der Waals surface area contributed by atoms with E-state index in [9.17, 15) is 35.9 Å². The second-order valence-electron chi connectivity index (χ2n) is 8.05. The van der Waals surface area contributed by atoms with Crippen LogP contribution in [0, 0.1) is 0 Å². The third kappa shape index (κ3) is 7.38. The van der Waals surface area contributed by atoms with Crippen molar-refractivity contribution in [2.24, 2.45) is 0 Å². The van der Waals surface area contributed by atoms with Gasteiger partial charge < -0.3 is 9.64 Å². The maximum absolute atomic E-state index is 13.4. The summed E-state index contributed by atoms with van der Waals surface area (Å²) in [5.41, 5.74) is -2.37. The lowest BCUT2D eigenvalue weighted by Gasteiger charge is -2.25. The van der Waals surface area contributed by atoms with Crippen molar-refractivity contribution in [2.75, 3.05) is 6.61 Å². The summed E-state index contributed by atoms with van der Waals surface area (Å²) >= 11 is 12.6. The number of halogens is 8. The summed E-state index contributed by atoms with van der Waals surface area (Å²) in [5.74, 6) is -1.70. The van der Waals surface area contributed by atoms with Crippen molar-refractivity contribution in [3.05, 3.63) is 87.2 Å². The molecule has 0 N–H and O–H groups in total. The molecule has 1 heterocycles. The Labute approximate surface area is 222 Å². The molecule has 0 saturated carbocycles. The van der Waals surface area contributed by atoms with Gasteiger partial charge in [0.25, 0.3) is 5.91 Å². The van der Waals surface area contributed by atoms with Gasteiger partial charge in [-0.3, -0.25) is 9.59 Å². The second kappa shape index (κ2) is 11.6. The molecule has 0 atom stereocenters. The fourth-order valence-electron chi connectivity index (χ4n) is 3.56. The van der Waals surface area contributed by atoms with Crippen LogP contribution in [0.3, 0.4) is 0 Å². The molecule has 1 amide bonds. The molecule has 0 fully saturated rings. The molecular formula is C25H18Cl2F6N2O3. The fraction of sp³-hybridized carbons (Fsp3) is 0.240. The average Bonchev–Trinajstić information content (AvgIpc) is 2.82. The van der Waals surface area contributed by atoms with Gasteiger partial charge in [0.2, 0.25) is 0 Å². The van der Waals surface area contributed by atoms with Gasteiger partial charge in [0.05, 0.1) is 11.1 Å². The normalized spacial score (nSPS) is 11.8. The molecule has 0 spiro atoms. The molecule has 0 aliphatic rings. The lowest BCUT2D eigenvalue weighted by atomic mass is 10.0. The lowest BCUT2D eigenvalue weighted by Crippen LogP contribution is -2.34. The quantitative estimate of drug-likeness (QED) is 0.169. The predicted octanol–water partition coefficient (Wildman–Crippen LogP) is 7.18. The summed E-state index contributed by atoms with van der Waals surface area (Å²) in [6.45, 7) is -0.863. The number of alkyl halides is 6. The average molecular weight is 579 g/mol. The molecule has 3 aromatic rings. The van der Waals surface area contributed by atoms with Crippen molar-refractivity contribution in [3.63, 3.8) is 0 Å². The highest BCUT2D eigenvalue weighted by Gasteiger charge is 2.37. The Morgan fingerprint density at radius 1 is 0.895 bits per heavy atom. The Kier molecular flexibility index (Phi) is 8.94. The zero-order valence-corrected chi connectivity index (χ0v) is 21.0. The van der Waals surface area contributed by atoms with Crippen LogP contribution in [0.1, 0.15) is 29.2 Å². The SMILES string of the molecule is CC(=O)OCC(=O)N(Cc1cc(C(F)(F)F)cc(C(F)(F)F)c1)Cc1c(-c2ccccc2Cl)ccnc1Cl. The summed E-state index contributed by atoms with van der Waals surface area (Å²) in [6, 6.07) is 9.18. The molecule has 0 unspecified atom stereocenters. The first kappa shape index (κ1) is 29.2. The van der Waals surface area contributed by atoms with Crippen LogP contribution in [0.2, 0.25) is 10.2 Å². The maximum atomic E-state index is 13.4. The Hall–Kier alpha value is -3.31. The van der Waals surface area contributed by atoms with Gasteiger partial charge in [-0.1, -0.05) is 41.4 Å². The molecule has 2 aromatic carbocycles. The number of amides is 1. The van der Waals surface area contributed by atoms with E-state index in [1.807, 2.05) is 0 Å². The number of hydrogen-bond donors (Lipinski definition) is 0. The number of ether oxygens (including phenoxy) is 1. The van der Waals surface area contributed by atoms with Crippen molar-refractivity contribution < 1.29 is 40.7 Å². The number of carbonyl (C=O) groups is 2. The van der Waals surface area contributed by atoms with Crippen molar-refractivity contribution in [3.8, 4) is 11.1 Å². The number of pyridine rings is 1. The zero-order valence-electron chi connectivity index (χ0n) is 19.5. The van der Waals surface area contributed by atoms with Crippen LogP contribution in [-0.2, 0) is 39.8 Å². The Bertz CT molecular complexity index is 1310. The van der Waals surface area contributed by atoms with Gasteiger partial charge in [0.1, 0.15) is 5.15 Å². The van der Waals surface area contributed by atoms with Crippen LogP contribution in [-0.4, -0.2) is 28.4 Å². The van der Waals surface area contributed by atoms with Crippen molar-refractivity contribution >= 4 is 35.1 Å². The van der Waals surface area contributed by atoms with E-state index >= 15 is 0 Å². The minimum atomic E-state index is -5.08. The number of hydrogen-bond acceptors (Lipinski definition) is 4. The first-order chi connectivity index (χ1) is 17.7. The molecule has 1 aromatic heterocycles. The van der Waals surface area contributed by atoms with Crippen LogP contribution in [0.4, 0.5) is 26.3 Å². The number of aromatic nitrogens is 1. The lowest BCUT2D eigenvalue weighted by molar-refractivity contribution is -0.150. The number of benzene rings is 2. The van der Waals surface area contributed by atoms with Gasteiger partial charge in [0, 0.05) is 42.4 Å². The van der Waals surface area contributed by atoms with E-state index in [2.05, 4.69) is 4.98 Å². The monoisotopic (exact) mass is 578 g/mol. The Balaban J connectivity index is 2.09. The molecule has 3 rings (SSSR count). The smallest absolute Gasteiger partial charge is 0.416 e. The third-order valence-corrected chi connectivity index (χ3v) is 5.94. The van der Waals surface area contributed by atoms with Crippen molar-refractivity contribution in [1.82, 2.24) is 9.88 Å². The van der Waals surface area contributed by atoms with Gasteiger partial charge in [-0.25, -0.2) is 4.98 Å². The fourth-order valence-corrected chi connectivity index (χ4v) is 4.01. The molecule has 0 saturated heterocycles. The van der Waals surface area contributed by atoms with E-state index in [1.165, 1.54) is 6.20 Å². The van der Waals surface area contributed by atoms with E-state index < -0.39 is 60.6 Å². The minimum absolute atomic E-state index is 0.0119. The molecule has 0 radical (unpaired) electrons. The summed E-state index contributed by atoms with van der Waals surface area (Å²) in [4.78, 5) is 29.1. The maximum Gasteiger partial charge on any atom is 0.416 e. The highest BCUT2D eigenvalue weighted by Crippen LogP contribution is 2.37. The second-order valence-corrected chi connectivity index (χ2v) is 8.82. The predicted molar refractivity (Wildman–Crippen MR) is 127 cm³/mol. The van der Waals surface area contributed by atoms with Gasteiger partial charge in [-0.05, 0) is 41.5 Å². The van der Waals surface area contributed by atoms with Crippen LogP contribution in [0.5, 0.6) is 0 Å². The first-order valence-corrected chi connectivity index (χ1v) is 11.5.